The molecule has 11 nitrogen and oxygen atoms in total. The van der Waals surface area contributed by atoms with Crippen LogP contribution in [0.25, 0.3) is 0 Å². The van der Waals surface area contributed by atoms with Crippen molar-refractivity contribution >= 4 is 35.1 Å². The van der Waals surface area contributed by atoms with Gasteiger partial charge in [-0.1, -0.05) is 0 Å². The number of rotatable bonds is 8. The van der Waals surface area contributed by atoms with Gasteiger partial charge >= 0.3 is 6.03 Å². The number of amides is 5. The average molecular weight is 467 g/mol. The smallest absolute Gasteiger partial charge is 0.325 e. The van der Waals surface area contributed by atoms with Crippen LogP contribution in [0.1, 0.15) is 36.7 Å². The maximum atomic E-state index is 13.0. The van der Waals surface area contributed by atoms with Gasteiger partial charge in [-0.05, 0) is 62.7 Å². The van der Waals surface area contributed by atoms with Gasteiger partial charge in [0.2, 0.25) is 5.91 Å². The largest absolute Gasteiger partial charge is 0.339 e. The van der Waals surface area contributed by atoms with Crippen molar-refractivity contribution in [3.05, 3.63) is 69.8 Å². The number of hydrogen-bond donors (Lipinski definition) is 2. The molecule has 1 atom stereocenters. The lowest BCUT2D eigenvalue weighted by Gasteiger charge is -2.22. The molecule has 1 aliphatic heterocycles. The van der Waals surface area contributed by atoms with Crippen molar-refractivity contribution < 1.29 is 24.1 Å². The fraction of sp³-hybridized carbons (Fsp3) is 0.304. The summed E-state index contributed by atoms with van der Waals surface area (Å²) in [6.45, 7) is 5.89. The lowest BCUT2D eigenvalue weighted by atomic mass is 9.92. The highest BCUT2D eigenvalue weighted by atomic mass is 16.6. The van der Waals surface area contributed by atoms with Crippen LogP contribution in [0.2, 0.25) is 0 Å². The van der Waals surface area contributed by atoms with E-state index >= 15 is 0 Å². The second-order valence-electron chi connectivity index (χ2n) is 7.85. The van der Waals surface area contributed by atoms with E-state index in [1.807, 2.05) is 13.8 Å². The molecular weight excluding hydrogens is 442 g/mol. The van der Waals surface area contributed by atoms with Crippen LogP contribution in [0.3, 0.4) is 0 Å². The number of non-ortho nitro benzene ring substituents is 1. The van der Waals surface area contributed by atoms with Gasteiger partial charge in [-0.3, -0.25) is 29.4 Å². The molecule has 0 bridgehead atoms. The number of nitrogens with zero attached hydrogens (tertiary/aromatic N) is 3. The van der Waals surface area contributed by atoms with E-state index in [9.17, 15) is 29.3 Å². The molecule has 5 amide bonds. The molecule has 3 rings (SSSR count). The molecule has 0 spiro atoms. The number of benzene rings is 2. The van der Waals surface area contributed by atoms with Crippen LogP contribution in [0, 0.1) is 10.1 Å². The number of nitro groups is 1. The van der Waals surface area contributed by atoms with Gasteiger partial charge in [-0.25, -0.2) is 4.79 Å². The Labute approximate surface area is 195 Å². The molecule has 178 valence electrons. The summed E-state index contributed by atoms with van der Waals surface area (Å²) in [5.74, 6) is -1.37. The summed E-state index contributed by atoms with van der Waals surface area (Å²) in [6, 6.07) is 10.8. The second-order valence-corrected chi connectivity index (χ2v) is 7.85. The van der Waals surface area contributed by atoms with Gasteiger partial charge in [0.1, 0.15) is 12.1 Å². The maximum absolute atomic E-state index is 13.0. The summed E-state index contributed by atoms with van der Waals surface area (Å²) in [6.07, 6.45) is 0. The van der Waals surface area contributed by atoms with Gasteiger partial charge in [-0.15, -0.1) is 0 Å². The van der Waals surface area contributed by atoms with Crippen LogP contribution in [0.5, 0.6) is 0 Å². The van der Waals surface area contributed by atoms with Gasteiger partial charge < -0.3 is 15.5 Å². The first kappa shape index (κ1) is 24.4. The standard InChI is InChI=1S/C23H25N5O6/c1-4-26(5-2)20(30)15-6-10-17(11-7-15)24-19(29)14-27-21(31)23(3,25-22(27)32)16-8-12-18(13-9-16)28(33)34/h6-13H,4-5,14H2,1-3H3,(H,24,29)(H,25,32). The second kappa shape index (κ2) is 9.69. The first-order valence-corrected chi connectivity index (χ1v) is 10.7. The summed E-state index contributed by atoms with van der Waals surface area (Å²) in [5.41, 5.74) is -0.363. The van der Waals surface area contributed by atoms with Crippen molar-refractivity contribution in [2.24, 2.45) is 0 Å². The van der Waals surface area contributed by atoms with Crippen molar-refractivity contribution in [1.29, 1.82) is 0 Å². The van der Waals surface area contributed by atoms with E-state index in [2.05, 4.69) is 10.6 Å². The zero-order valence-corrected chi connectivity index (χ0v) is 19.0. The van der Waals surface area contributed by atoms with Crippen LogP contribution >= 0.6 is 0 Å². The monoisotopic (exact) mass is 467 g/mol. The molecule has 0 aliphatic carbocycles. The van der Waals surface area contributed by atoms with Crippen molar-refractivity contribution in [1.82, 2.24) is 15.1 Å². The minimum absolute atomic E-state index is 0.118. The summed E-state index contributed by atoms with van der Waals surface area (Å²) in [5, 5.41) is 16.0. The highest BCUT2D eigenvalue weighted by Crippen LogP contribution is 2.30. The first-order valence-electron chi connectivity index (χ1n) is 10.7. The third kappa shape index (κ3) is 4.72. The molecule has 34 heavy (non-hydrogen) atoms. The fourth-order valence-electron chi connectivity index (χ4n) is 3.69. The molecule has 0 radical (unpaired) electrons. The van der Waals surface area contributed by atoms with E-state index in [0.717, 1.165) is 4.90 Å². The van der Waals surface area contributed by atoms with Crippen LogP contribution in [-0.2, 0) is 15.1 Å². The maximum Gasteiger partial charge on any atom is 0.325 e. The summed E-state index contributed by atoms with van der Waals surface area (Å²) >= 11 is 0. The van der Waals surface area contributed by atoms with Gasteiger partial charge in [0.15, 0.2) is 0 Å². The number of hydrogen-bond acceptors (Lipinski definition) is 6. The number of carbonyl (C=O) groups excluding carboxylic acids is 4. The zero-order chi connectivity index (χ0) is 25.0. The van der Waals surface area contributed by atoms with Crippen LogP contribution in [0.4, 0.5) is 16.2 Å². The minimum atomic E-state index is -1.46. The SMILES string of the molecule is CCN(CC)C(=O)c1ccc(NC(=O)CN2C(=O)NC(C)(c3ccc([N+](=O)[O-])cc3)C2=O)cc1. The molecule has 2 aromatic rings. The Bertz CT molecular complexity index is 1130. The molecule has 1 unspecified atom stereocenters. The third-order valence-corrected chi connectivity index (χ3v) is 5.70. The Hall–Kier alpha value is -4.28. The third-order valence-electron chi connectivity index (χ3n) is 5.70. The Kier molecular flexibility index (Phi) is 6.94. The van der Waals surface area contributed by atoms with Gasteiger partial charge in [-0.2, -0.15) is 0 Å². The average Bonchev–Trinajstić information content (AvgIpc) is 3.04. The Morgan fingerprint density at radius 2 is 1.65 bits per heavy atom. The predicted molar refractivity (Wildman–Crippen MR) is 123 cm³/mol. The number of carbonyl (C=O) groups is 4. The topological polar surface area (TPSA) is 142 Å². The molecule has 11 heteroatoms. The van der Waals surface area contributed by atoms with Crippen molar-refractivity contribution in [2.75, 3.05) is 25.0 Å². The van der Waals surface area contributed by atoms with E-state index in [1.54, 1.807) is 29.2 Å². The summed E-state index contributed by atoms with van der Waals surface area (Å²) < 4.78 is 0. The minimum Gasteiger partial charge on any atom is -0.339 e. The van der Waals surface area contributed by atoms with E-state index in [4.69, 9.17) is 0 Å². The quantitative estimate of drug-likeness (QED) is 0.347. The van der Waals surface area contributed by atoms with Crippen LogP contribution in [0.15, 0.2) is 48.5 Å². The highest BCUT2D eigenvalue weighted by Gasteiger charge is 2.49. The summed E-state index contributed by atoms with van der Waals surface area (Å²) in [7, 11) is 0. The molecule has 2 N–H and O–H groups in total. The Morgan fingerprint density at radius 1 is 1.06 bits per heavy atom. The van der Waals surface area contributed by atoms with Crippen LogP contribution < -0.4 is 10.6 Å². The van der Waals surface area contributed by atoms with E-state index in [1.165, 1.54) is 31.2 Å². The molecule has 0 saturated carbocycles. The summed E-state index contributed by atoms with van der Waals surface area (Å²) in [4.78, 5) is 63.1. The first-order chi connectivity index (χ1) is 16.1. The molecule has 0 aromatic heterocycles. The Balaban J connectivity index is 1.67. The van der Waals surface area contributed by atoms with E-state index < -0.39 is 34.9 Å². The van der Waals surface area contributed by atoms with Crippen molar-refractivity contribution in [2.45, 2.75) is 26.3 Å². The van der Waals surface area contributed by atoms with Crippen LogP contribution in [-0.4, -0.2) is 58.1 Å². The van der Waals surface area contributed by atoms with Gasteiger partial charge in [0.25, 0.3) is 17.5 Å². The molecule has 1 saturated heterocycles. The Morgan fingerprint density at radius 3 is 2.18 bits per heavy atom. The molecule has 2 aromatic carbocycles. The lowest BCUT2D eigenvalue weighted by molar-refractivity contribution is -0.384. The van der Waals surface area contributed by atoms with E-state index in [0.29, 0.717) is 29.9 Å². The number of nitrogens with one attached hydrogen (secondary N) is 2. The number of anilines is 1. The molecule has 1 heterocycles. The van der Waals surface area contributed by atoms with Crippen molar-refractivity contribution in [3.8, 4) is 0 Å². The normalized spacial score (nSPS) is 17.3. The number of urea groups is 1. The van der Waals surface area contributed by atoms with E-state index in [-0.39, 0.29) is 11.6 Å². The number of nitro benzene ring substituents is 1. The van der Waals surface area contributed by atoms with Gasteiger partial charge in [0, 0.05) is 36.5 Å². The lowest BCUT2D eigenvalue weighted by Crippen LogP contribution is -2.42. The predicted octanol–water partition coefficient (Wildman–Crippen LogP) is 2.48. The fourth-order valence-corrected chi connectivity index (χ4v) is 3.69. The molecular formula is C23H25N5O6. The zero-order valence-electron chi connectivity index (χ0n) is 19.0. The van der Waals surface area contributed by atoms with Gasteiger partial charge in [0.05, 0.1) is 4.92 Å². The number of imide groups is 1. The van der Waals surface area contributed by atoms with Crippen molar-refractivity contribution in [3.63, 3.8) is 0 Å². The molecule has 1 aliphatic rings. The molecule has 1 fully saturated rings. The highest BCUT2D eigenvalue weighted by molar-refractivity contribution is 6.10.